The maximum atomic E-state index is 11.7. The molecule has 0 unspecified atom stereocenters. The maximum Gasteiger partial charge on any atom is 0.329 e. The highest BCUT2D eigenvalue weighted by atomic mass is 16.5. The molecule has 2 rings (SSSR count). The molecule has 0 spiro atoms. The summed E-state index contributed by atoms with van der Waals surface area (Å²) >= 11 is 0. The lowest BCUT2D eigenvalue weighted by Gasteiger charge is -2.10. The summed E-state index contributed by atoms with van der Waals surface area (Å²) in [6.07, 6.45) is 4.90. The second kappa shape index (κ2) is 10.6. The number of hydrogen-bond donors (Lipinski definition) is 2. The van der Waals surface area contributed by atoms with Gasteiger partial charge in [-0.2, -0.15) is 5.10 Å². The summed E-state index contributed by atoms with van der Waals surface area (Å²) in [7, 11) is 1.55. The Kier molecular flexibility index (Phi) is 7.90. The molecule has 1 aromatic carbocycles. The van der Waals surface area contributed by atoms with Crippen molar-refractivity contribution in [3.63, 3.8) is 0 Å². The standard InChI is InChI=1S/C19H23N3O5/c1-3-4-9-27-16-8-7-14(11-17(16)25-2)12-21-22-19(24)18(23)20-13-15-6-5-10-26-15/h5-8,10-12H,3-4,9,13H2,1-2H3,(H,20,23)(H,22,24)/b21-12+. The Hall–Kier alpha value is -3.29. The zero-order valence-electron chi connectivity index (χ0n) is 15.4. The molecule has 0 aliphatic heterocycles. The van der Waals surface area contributed by atoms with E-state index in [0.29, 0.717) is 29.4 Å². The van der Waals surface area contributed by atoms with Crippen molar-refractivity contribution in [2.45, 2.75) is 26.3 Å². The molecule has 2 amide bonds. The average molecular weight is 373 g/mol. The molecule has 0 fully saturated rings. The lowest BCUT2D eigenvalue weighted by atomic mass is 10.2. The topological polar surface area (TPSA) is 102 Å². The van der Waals surface area contributed by atoms with Crippen LogP contribution in [0, 0.1) is 0 Å². The van der Waals surface area contributed by atoms with Crippen molar-refractivity contribution in [3.8, 4) is 11.5 Å². The van der Waals surface area contributed by atoms with Crippen LogP contribution in [0.2, 0.25) is 0 Å². The zero-order valence-corrected chi connectivity index (χ0v) is 15.4. The van der Waals surface area contributed by atoms with E-state index in [1.807, 2.05) is 0 Å². The minimum atomic E-state index is -0.871. The van der Waals surface area contributed by atoms with Gasteiger partial charge in [0.1, 0.15) is 5.76 Å². The molecule has 8 nitrogen and oxygen atoms in total. The molecule has 0 radical (unpaired) electrons. The summed E-state index contributed by atoms with van der Waals surface area (Å²) in [5, 5.41) is 6.21. The second-order valence-electron chi connectivity index (χ2n) is 5.57. The Labute approximate surface area is 157 Å². The van der Waals surface area contributed by atoms with E-state index >= 15 is 0 Å². The smallest absolute Gasteiger partial charge is 0.329 e. The molecule has 0 saturated carbocycles. The normalized spacial score (nSPS) is 10.6. The first-order valence-electron chi connectivity index (χ1n) is 8.58. The lowest BCUT2D eigenvalue weighted by Crippen LogP contribution is -2.37. The quantitative estimate of drug-likeness (QED) is 0.304. The highest BCUT2D eigenvalue weighted by molar-refractivity contribution is 6.35. The monoisotopic (exact) mass is 373 g/mol. The van der Waals surface area contributed by atoms with Gasteiger partial charge in [-0.3, -0.25) is 9.59 Å². The number of rotatable bonds is 9. The highest BCUT2D eigenvalue weighted by Gasteiger charge is 2.12. The van der Waals surface area contributed by atoms with Crippen molar-refractivity contribution in [3.05, 3.63) is 47.9 Å². The number of hydrazone groups is 1. The van der Waals surface area contributed by atoms with E-state index in [1.165, 1.54) is 12.5 Å². The van der Waals surface area contributed by atoms with Crippen LogP contribution in [0.4, 0.5) is 0 Å². The van der Waals surface area contributed by atoms with Gasteiger partial charge in [0.15, 0.2) is 11.5 Å². The van der Waals surface area contributed by atoms with Crippen molar-refractivity contribution in [2.75, 3.05) is 13.7 Å². The van der Waals surface area contributed by atoms with Crippen LogP contribution in [0.15, 0.2) is 46.1 Å². The summed E-state index contributed by atoms with van der Waals surface area (Å²) in [6, 6.07) is 8.66. The first-order valence-corrected chi connectivity index (χ1v) is 8.58. The van der Waals surface area contributed by atoms with E-state index in [9.17, 15) is 9.59 Å². The van der Waals surface area contributed by atoms with Gasteiger partial charge in [-0.1, -0.05) is 13.3 Å². The van der Waals surface area contributed by atoms with Gasteiger partial charge in [0, 0.05) is 0 Å². The SMILES string of the molecule is CCCCOc1ccc(/C=N/NC(=O)C(=O)NCc2ccco2)cc1OC. The maximum absolute atomic E-state index is 11.7. The number of furan rings is 1. The lowest BCUT2D eigenvalue weighted by molar-refractivity contribution is -0.139. The molecule has 8 heteroatoms. The zero-order chi connectivity index (χ0) is 19.5. The molecule has 0 aliphatic rings. The van der Waals surface area contributed by atoms with Crippen molar-refractivity contribution in [2.24, 2.45) is 5.10 Å². The van der Waals surface area contributed by atoms with Gasteiger partial charge in [0.2, 0.25) is 0 Å². The fraction of sp³-hybridized carbons (Fsp3) is 0.316. The molecule has 0 bridgehead atoms. The Morgan fingerprint density at radius 3 is 2.78 bits per heavy atom. The number of carbonyl (C=O) groups excluding carboxylic acids is 2. The third-order valence-electron chi connectivity index (χ3n) is 3.53. The minimum absolute atomic E-state index is 0.125. The average Bonchev–Trinajstić information content (AvgIpc) is 3.20. The number of methoxy groups -OCH3 is 1. The summed E-state index contributed by atoms with van der Waals surface area (Å²) in [5.41, 5.74) is 2.86. The predicted octanol–water partition coefficient (Wildman–Crippen LogP) is 2.23. The van der Waals surface area contributed by atoms with Gasteiger partial charge in [-0.25, -0.2) is 5.43 Å². The first-order chi connectivity index (χ1) is 13.1. The van der Waals surface area contributed by atoms with Gasteiger partial charge in [-0.15, -0.1) is 0 Å². The Balaban J connectivity index is 1.85. The van der Waals surface area contributed by atoms with E-state index in [2.05, 4.69) is 22.8 Å². The number of hydrogen-bond acceptors (Lipinski definition) is 6. The van der Waals surface area contributed by atoms with Gasteiger partial charge < -0.3 is 19.2 Å². The van der Waals surface area contributed by atoms with Gasteiger partial charge >= 0.3 is 11.8 Å². The molecule has 27 heavy (non-hydrogen) atoms. The van der Waals surface area contributed by atoms with Crippen LogP contribution in [0.5, 0.6) is 11.5 Å². The molecule has 1 aromatic heterocycles. The van der Waals surface area contributed by atoms with Crippen LogP contribution >= 0.6 is 0 Å². The molecule has 2 N–H and O–H groups in total. The summed E-state index contributed by atoms with van der Waals surface area (Å²) in [4.78, 5) is 23.4. The molecule has 144 valence electrons. The Bertz CT molecular complexity index is 772. The molecular formula is C19H23N3O5. The van der Waals surface area contributed by atoms with Gasteiger partial charge in [-0.05, 0) is 42.3 Å². The number of benzene rings is 1. The van der Waals surface area contributed by atoms with E-state index in [0.717, 1.165) is 12.8 Å². The number of amides is 2. The van der Waals surface area contributed by atoms with Crippen LogP contribution < -0.4 is 20.2 Å². The summed E-state index contributed by atoms with van der Waals surface area (Å²) in [5.74, 6) is 0.0834. The third-order valence-corrected chi connectivity index (χ3v) is 3.53. The fourth-order valence-corrected chi connectivity index (χ4v) is 2.09. The minimum Gasteiger partial charge on any atom is -0.493 e. The van der Waals surface area contributed by atoms with E-state index in [-0.39, 0.29) is 6.54 Å². The van der Waals surface area contributed by atoms with Crippen molar-refractivity contribution in [1.29, 1.82) is 0 Å². The number of carbonyl (C=O) groups is 2. The predicted molar refractivity (Wildman–Crippen MR) is 99.7 cm³/mol. The number of nitrogens with zero attached hydrogens (tertiary/aromatic N) is 1. The fourth-order valence-electron chi connectivity index (χ4n) is 2.09. The Morgan fingerprint density at radius 1 is 1.22 bits per heavy atom. The number of nitrogens with one attached hydrogen (secondary N) is 2. The van der Waals surface area contributed by atoms with Crippen LogP contribution in [0.3, 0.4) is 0 Å². The van der Waals surface area contributed by atoms with Crippen LogP contribution in [0.1, 0.15) is 31.1 Å². The second-order valence-corrected chi connectivity index (χ2v) is 5.57. The van der Waals surface area contributed by atoms with Crippen LogP contribution in [0.25, 0.3) is 0 Å². The molecule has 1 heterocycles. The molecule has 0 atom stereocenters. The Morgan fingerprint density at radius 2 is 2.07 bits per heavy atom. The van der Waals surface area contributed by atoms with E-state index in [1.54, 1.807) is 37.4 Å². The van der Waals surface area contributed by atoms with Gasteiger partial charge in [0.05, 0.1) is 32.7 Å². The van der Waals surface area contributed by atoms with Crippen LogP contribution in [-0.2, 0) is 16.1 Å². The summed E-state index contributed by atoms with van der Waals surface area (Å²) in [6.45, 7) is 2.83. The van der Waals surface area contributed by atoms with E-state index in [4.69, 9.17) is 13.9 Å². The third kappa shape index (κ3) is 6.50. The molecular weight excluding hydrogens is 350 g/mol. The van der Waals surface area contributed by atoms with Crippen molar-refractivity contribution in [1.82, 2.24) is 10.7 Å². The highest BCUT2D eigenvalue weighted by Crippen LogP contribution is 2.27. The number of ether oxygens (including phenoxy) is 2. The molecule has 2 aromatic rings. The number of unbranched alkanes of at least 4 members (excludes halogenated alkanes) is 1. The van der Waals surface area contributed by atoms with E-state index < -0.39 is 11.8 Å². The van der Waals surface area contributed by atoms with Crippen LogP contribution in [-0.4, -0.2) is 31.7 Å². The van der Waals surface area contributed by atoms with Crippen molar-refractivity contribution >= 4 is 18.0 Å². The summed E-state index contributed by atoms with van der Waals surface area (Å²) < 4.78 is 16.0. The largest absolute Gasteiger partial charge is 0.493 e. The van der Waals surface area contributed by atoms with Gasteiger partial charge in [0.25, 0.3) is 0 Å². The molecule has 0 saturated heterocycles. The first kappa shape index (κ1) is 20.0. The molecule has 0 aliphatic carbocycles. The van der Waals surface area contributed by atoms with Crippen molar-refractivity contribution < 1.29 is 23.5 Å².